The lowest BCUT2D eigenvalue weighted by Crippen LogP contribution is -2.37. The Balaban J connectivity index is 1.92. The van der Waals surface area contributed by atoms with Crippen LogP contribution in [0.3, 0.4) is 0 Å². The van der Waals surface area contributed by atoms with Crippen molar-refractivity contribution in [3.8, 4) is 0 Å². The number of aliphatic hydroxyl groups is 1. The van der Waals surface area contributed by atoms with Crippen molar-refractivity contribution in [2.45, 2.75) is 23.6 Å². The van der Waals surface area contributed by atoms with Gasteiger partial charge in [0.25, 0.3) is 0 Å². The summed E-state index contributed by atoms with van der Waals surface area (Å²) in [6, 6.07) is 1.31. The Morgan fingerprint density at radius 3 is 2.68 bits per heavy atom. The normalized spacial score (nSPS) is 37.1. The van der Waals surface area contributed by atoms with E-state index in [4.69, 9.17) is 31.1 Å². The average Bonchev–Trinajstić information content (AvgIpc) is 2.99. The van der Waals surface area contributed by atoms with Gasteiger partial charge in [-0.2, -0.15) is 4.98 Å². The van der Waals surface area contributed by atoms with Crippen LogP contribution in [0.4, 0.5) is 10.2 Å². The number of nitrogen functional groups attached to an aromatic ring is 1. The lowest BCUT2D eigenvalue weighted by Gasteiger charge is -2.24. The maximum Gasteiger partial charge on any atom is 0.351 e. The third-order valence-electron chi connectivity index (χ3n) is 4.98. The molecule has 3 rings (SSSR count). The highest BCUT2D eigenvalue weighted by Gasteiger charge is 2.87. The summed E-state index contributed by atoms with van der Waals surface area (Å²) in [5, 5.41) is 10.8. The summed E-state index contributed by atoms with van der Waals surface area (Å²) in [5.74, 6) is -1.20. The second-order valence-electron chi connectivity index (χ2n) is 6.01. The molecular formula is C13H18ClFN3O6P. The molecule has 12 heteroatoms. The van der Waals surface area contributed by atoms with E-state index >= 15 is 4.39 Å². The van der Waals surface area contributed by atoms with Crippen molar-refractivity contribution in [3.05, 3.63) is 22.7 Å². The average molecular weight is 398 g/mol. The molecule has 0 spiro atoms. The molecule has 9 nitrogen and oxygen atoms in total. The fourth-order valence-corrected chi connectivity index (χ4v) is 5.41. The highest BCUT2D eigenvalue weighted by Crippen LogP contribution is 2.71. The molecule has 2 aliphatic rings. The van der Waals surface area contributed by atoms with Gasteiger partial charge in [-0.1, -0.05) is 0 Å². The van der Waals surface area contributed by atoms with Crippen molar-refractivity contribution in [1.82, 2.24) is 9.55 Å². The molecule has 1 aromatic rings. The first-order chi connectivity index (χ1) is 11.7. The fraction of sp³-hybridized carbons (Fsp3) is 0.692. The zero-order chi connectivity index (χ0) is 18.6. The molecule has 2 fully saturated rings. The van der Waals surface area contributed by atoms with Gasteiger partial charge in [0.05, 0.1) is 12.0 Å². The zero-order valence-corrected chi connectivity index (χ0v) is 15.1. The largest absolute Gasteiger partial charge is 0.383 e. The molecule has 3 N–H and O–H groups in total. The van der Waals surface area contributed by atoms with Crippen molar-refractivity contribution in [3.63, 3.8) is 0 Å². The van der Waals surface area contributed by atoms with Gasteiger partial charge in [0.15, 0.2) is 12.4 Å². The van der Waals surface area contributed by atoms with Gasteiger partial charge < -0.3 is 24.6 Å². The van der Waals surface area contributed by atoms with Crippen molar-refractivity contribution in [2.75, 3.05) is 32.0 Å². The molecule has 0 aromatic carbocycles. The molecule has 25 heavy (non-hydrogen) atoms. The first-order valence-corrected chi connectivity index (χ1v) is 9.60. The molecule has 0 bridgehead atoms. The summed E-state index contributed by atoms with van der Waals surface area (Å²) in [5.41, 5.74) is 1.06. The first-order valence-electron chi connectivity index (χ1n) is 7.34. The van der Waals surface area contributed by atoms with Crippen molar-refractivity contribution < 1.29 is 27.8 Å². The Hall–Kier alpha value is -1.03. The van der Waals surface area contributed by atoms with Crippen molar-refractivity contribution in [1.29, 1.82) is 0 Å². The number of nitrogens with zero attached hydrogens (tertiary/aromatic N) is 2. The number of aromatic nitrogens is 2. The van der Waals surface area contributed by atoms with Crippen LogP contribution >= 0.6 is 19.2 Å². The Morgan fingerprint density at radius 2 is 2.20 bits per heavy atom. The molecule has 0 amide bonds. The van der Waals surface area contributed by atoms with E-state index in [-0.39, 0.29) is 17.9 Å². The molecule has 0 radical (unpaired) electrons. The Bertz CT molecular complexity index is 783. The van der Waals surface area contributed by atoms with Gasteiger partial charge in [0.2, 0.25) is 0 Å². The predicted molar refractivity (Wildman–Crippen MR) is 86.3 cm³/mol. The van der Waals surface area contributed by atoms with Crippen LogP contribution in [0.5, 0.6) is 0 Å². The molecule has 2 heterocycles. The third kappa shape index (κ3) is 2.47. The highest BCUT2D eigenvalue weighted by molar-refractivity contribution is 7.53. The standard InChI is InChI=1S/C13H18ClFN3O6P/c1-22-25(21,23-2)5-7-12(6-14)13(7,20)9(15)10(24-12)18-4-3-8(16)17-11(18)19/h3-4,7,9-10,20H,5-6H2,1-2H3,(H2,16,17,19)/t7?,9-,10+,12+,13-/m0/s1. The van der Waals surface area contributed by atoms with Gasteiger partial charge in [-0.25, -0.2) is 9.18 Å². The number of nitrogens with two attached hydrogens (primary N) is 1. The minimum atomic E-state index is -3.52. The summed E-state index contributed by atoms with van der Waals surface area (Å²) in [6.07, 6.45) is -2.47. The molecule has 1 aromatic heterocycles. The quantitative estimate of drug-likeness (QED) is 0.525. The summed E-state index contributed by atoms with van der Waals surface area (Å²) in [7, 11) is -1.14. The predicted octanol–water partition coefficient (Wildman–Crippen LogP) is 0.517. The van der Waals surface area contributed by atoms with E-state index < -0.39 is 42.8 Å². The van der Waals surface area contributed by atoms with E-state index in [2.05, 4.69) is 4.98 Å². The van der Waals surface area contributed by atoms with E-state index in [1.165, 1.54) is 26.5 Å². The van der Waals surface area contributed by atoms with Gasteiger partial charge in [-0.15, -0.1) is 11.6 Å². The third-order valence-corrected chi connectivity index (χ3v) is 7.30. The fourth-order valence-electron chi connectivity index (χ4n) is 3.47. The van der Waals surface area contributed by atoms with Gasteiger partial charge >= 0.3 is 13.3 Å². The van der Waals surface area contributed by atoms with E-state index in [1.807, 2.05) is 0 Å². The first kappa shape index (κ1) is 18.8. The highest BCUT2D eigenvalue weighted by atomic mass is 35.5. The van der Waals surface area contributed by atoms with Crippen LogP contribution < -0.4 is 11.4 Å². The van der Waals surface area contributed by atoms with Crippen LogP contribution in [0.15, 0.2) is 17.1 Å². The Labute approximate surface area is 147 Å². The van der Waals surface area contributed by atoms with Gasteiger partial charge in [-0.3, -0.25) is 9.13 Å². The summed E-state index contributed by atoms with van der Waals surface area (Å²) < 4.78 is 43.5. The minimum Gasteiger partial charge on any atom is -0.383 e. The number of alkyl halides is 2. The van der Waals surface area contributed by atoms with Crippen LogP contribution in [0.1, 0.15) is 6.23 Å². The lowest BCUT2D eigenvalue weighted by molar-refractivity contribution is -0.0663. The molecular weight excluding hydrogens is 380 g/mol. The molecule has 1 saturated carbocycles. The van der Waals surface area contributed by atoms with Crippen LogP contribution in [0.2, 0.25) is 0 Å². The van der Waals surface area contributed by atoms with E-state index in [0.29, 0.717) is 0 Å². The number of ether oxygens (including phenoxy) is 1. The van der Waals surface area contributed by atoms with Gasteiger partial charge in [-0.05, 0) is 6.07 Å². The smallest absolute Gasteiger partial charge is 0.351 e. The topological polar surface area (TPSA) is 126 Å². The second-order valence-corrected chi connectivity index (χ2v) is 8.60. The van der Waals surface area contributed by atoms with Crippen LogP contribution in [-0.4, -0.2) is 58.3 Å². The second kappa shape index (κ2) is 6.00. The molecule has 1 unspecified atom stereocenters. The molecule has 1 aliphatic carbocycles. The SMILES string of the molecule is COP(=O)(CC1[C@@]2(CCl)O[C@@H](n3ccc(N)nc3=O)[C@H](F)[C@@]12O)OC. The summed E-state index contributed by atoms with van der Waals surface area (Å²) in [4.78, 5) is 15.4. The molecule has 1 aliphatic heterocycles. The van der Waals surface area contributed by atoms with Crippen LogP contribution in [-0.2, 0) is 18.3 Å². The Morgan fingerprint density at radius 1 is 1.56 bits per heavy atom. The maximum absolute atomic E-state index is 15.0. The minimum absolute atomic E-state index is 0.0235. The maximum atomic E-state index is 15.0. The van der Waals surface area contributed by atoms with Gasteiger partial charge in [0, 0.05) is 26.3 Å². The van der Waals surface area contributed by atoms with Crippen molar-refractivity contribution in [2.24, 2.45) is 5.92 Å². The molecule has 5 atom stereocenters. The lowest BCUT2D eigenvalue weighted by atomic mass is 10.1. The number of halogens is 2. The molecule has 140 valence electrons. The number of rotatable bonds is 6. The summed E-state index contributed by atoms with van der Waals surface area (Å²) >= 11 is 5.93. The number of fused-ring (bicyclic) bond motifs is 1. The molecule has 1 saturated heterocycles. The van der Waals surface area contributed by atoms with Gasteiger partial charge in [0.1, 0.15) is 17.0 Å². The van der Waals surface area contributed by atoms with E-state index in [1.54, 1.807) is 0 Å². The monoisotopic (exact) mass is 397 g/mol. The van der Waals surface area contributed by atoms with E-state index in [9.17, 15) is 14.5 Å². The summed E-state index contributed by atoms with van der Waals surface area (Å²) in [6.45, 7) is 0. The zero-order valence-electron chi connectivity index (χ0n) is 13.5. The van der Waals surface area contributed by atoms with Crippen molar-refractivity contribution >= 4 is 25.0 Å². The number of hydrogen-bond acceptors (Lipinski definition) is 8. The number of anilines is 1. The Kier molecular flexibility index (Phi) is 4.50. The van der Waals surface area contributed by atoms with E-state index in [0.717, 1.165) is 4.57 Å². The van der Waals surface area contributed by atoms with Crippen LogP contribution in [0, 0.1) is 5.92 Å². The van der Waals surface area contributed by atoms with Crippen LogP contribution in [0.25, 0.3) is 0 Å². The number of hydrogen-bond donors (Lipinski definition) is 2.